The maximum Gasteiger partial charge on any atom is 0.261 e. The summed E-state index contributed by atoms with van der Waals surface area (Å²) in [5, 5.41) is 2.83. The molecule has 0 fully saturated rings. The Kier molecular flexibility index (Phi) is 5.11. The number of amides is 1. The molecule has 2 N–H and O–H groups in total. The van der Waals surface area contributed by atoms with Crippen LogP contribution in [0.5, 0.6) is 5.75 Å². The molecule has 0 bridgehead atoms. The Balaban J connectivity index is 1.91. The molecule has 2 rings (SSSR count). The normalized spacial score (nSPS) is 11.7. The van der Waals surface area contributed by atoms with E-state index in [-0.39, 0.29) is 5.91 Å². The van der Waals surface area contributed by atoms with Crippen molar-refractivity contribution in [3.05, 3.63) is 58.4 Å². The molecule has 0 saturated heterocycles. The standard InChI is InChI=1S/C16H18N2O2S/c1-11-8-9-13(16(21)18-11)10-17-15(19)12(2)20-14-6-4-3-5-7-14/h3-9,12H,10H2,1-2H3,(H,17,19)(H,18,21)/t12-/m1/s1. The molecule has 0 radical (unpaired) electrons. The minimum Gasteiger partial charge on any atom is -0.481 e. The zero-order valence-electron chi connectivity index (χ0n) is 12.1. The summed E-state index contributed by atoms with van der Waals surface area (Å²) >= 11 is 5.22. The molecule has 110 valence electrons. The molecule has 1 amide bonds. The van der Waals surface area contributed by atoms with Crippen molar-refractivity contribution in [2.75, 3.05) is 0 Å². The highest BCUT2D eigenvalue weighted by molar-refractivity contribution is 7.71. The zero-order chi connectivity index (χ0) is 15.2. The van der Waals surface area contributed by atoms with Crippen LogP contribution in [0.3, 0.4) is 0 Å². The number of carbonyl (C=O) groups excluding carboxylic acids is 1. The first-order valence-electron chi connectivity index (χ1n) is 6.74. The van der Waals surface area contributed by atoms with Gasteiger partial charge >= 0.3 is 0 Å². The van der Waals surface area contributed by atoms with E-state index in [9.17, 15) is 4.79 Å². The van der Waals surface area contributed by atoms with Crippen LogP contribution in [0, 0.1) is 11.6 Å². The number of aromatic amines is 1. The fourth-order valence-corrected chi connectivity index (χ4v) is 2.13. The number of H-pyrrole nitrogens is 1. The van der Waals surface area contributed by atoms with Gasteiger partial charge in [0.25, 0.3) is 5.91 Å². The van der Waals surface area contributed by atoms with Crippen LogP contribution in [-0.4, -0.2) is 17.0 Å². The van der Waals surface area contributed by atoms with E-state index in [2.05, 4.69) is 10.3 Å². The molecule has 2 aromatic rings. The Morgan fingerprint density at radius 3 is 2.67 bits per heavy atom. The summed E-state index contributed by atoms with van der Waals surface area (Å²) in [5.41, 5.74) is 1.88. The zero-order valence-corrected chi connectivity index (χ0v) is 12.9. The van der Waals surface area contributed by atoms with Gasteiger partial charge in [-0.25, -0.2) is 0 Å². The summed E-state index contributed by atoms with van der Waals surface area (Å²) in [6.45, 7) is 4.04. The molecule has 0 aliphatic heterocycles. The van der Waals surface area contributed by atoms with Crippen molar-refractivity contribution in [3.63, 3.8) is 0 Å². The Labute approximate surface area is 129 Å². The number of benzene rings is 1. The summed E-state index contributed by atoms with van der Waals surface area (Å²) < 4.78 is 6.21. The van der Waals surface area contributed by atoms with E-state index in [0.29, 0.717) is 16.9 Å². The molecule has 0 spiro atoms. The molecule has 0 aliphatic carbocycles. The van der Waals surface area contributed by atoms with Gasteiger partial charge in [-0.15, -0.1) is 0 Å². The highest BCUT2D eigenvalue weighted by Crippen LogP contribution is 2.11. The minimum absolute atomic E-state index is 0.172. The third-order valence-corrected chi connectivity index (χ3v) is 3.38. The van der Waals surface area contributed by atoms with Crippen LogP contribution in [-0.2, 0) is 11.3 Å². The van der Waals surface area contributed by atoms with Crippen LogP contribution in [0.25, 0.3) is 0 Å². The first-order chi connectivity index (χ1) is 10.1. The van der Waals surface area contributed by atoms with E-state index in [1.54, 1.807) is 6.92 Å². The lowest BCUT2D eigenvalue weighted by Crippen LogP contribution is -2.36. The molecule has 0 unspecified atom stereocenters. The molecular formula is C16H18N2O2S. The van der Waals surface area contributed by atoms with Gasteiger partial charge in [0, 0.05) is 17.8 Å². The van der Waals surface area contributed by atoms with Gasteiger partial charge in [0.15, 0.2) is 6.10 Å². The predicted molar refractivity (Wildman–Crippen MR) is 84.7 cm³/mol. The Morgan fingerprint density at radius 1 is 1.29 bits per heavy atom. The van der Waals surface area contributed by atoms with Crippen molar-refractivity contribution in [1.29, 1.82) is 0 Å². The minimum atomic E-state index is -0.560. The van der Waals surface area contributed by atoms with Crippen LogP contribution in [0.15, 0.2) is 42.5 Å². The fraction of sp³-hybridized carbons (Fsp3) is 0.250. The maximum atomic E-state index is 12.0. The van der Waals surface area contributed by atoms with E-state index in [4.69, 9.17) is 17.0 Å². The van der Waals surface area contributed by atoms with Gasteiger partial charge in [0.1, 0.15) is 10.4 Å². The number of nitrogens with one attached hydrogen (secondary N) is 2. The van der Waals surface area contributed by atoms with Crippen LogP contribution in [0.1, 0.15) is 18.2 Å². The van der Waals surface area contributed by atoms with E-state index < -0.39 is 6.10 Å². The number of carbonyl (C=O) groups is 1. The quantitative estimate of drug-likeness (QED) is 0.834. The second-order valence-corrected chi connectivity index (χ2v) is 5.19. The SMILES string of the molecule is Cc1ccc(CNC(=O)[C@@H](C)Oc2ccccc2)c(=S)[nH]1. The predicted octanol–water partition coefficient (Wildman–Crippen LogP) is 3.14. The average molecular weight is 302 g/mol. The van der Waals surface area contributed by atoms with Crippen LogP contribution < -0.4 is 10.1 Å². The number of hydrogen-bond acceptors (Lipinski definition) is 3. The van der Waals surface area contributed by atoms with Crippen LogP contribution in [0.4, 0.5) is 0 Å². The summed E-state index contributed by atoms with van der Waals surface area (Å²) in [6.07, 6.45) is -0.560. The van der Waals surface area contributed by atoms with Gasteiger partial charge in [0.2, 0.25) is 0 Å². The van der Waals surface area contributed by atoms with E-state index >= 15 is 0 Å². The Morgan fingerprint density at radius 2 is 2.00 bits per heavy atom. The summed E-state index contributed by atoms with van der Waals surface area (Å²) in [5.74, 6) is 0.501. The first-order valence-corrected chi connectivity index (χ1v) is 7.15. The van der Waals surface area contributed by atoms with Crippen molar-refractivity contribution < 1.29 is 9.53 Å². The number of para-hydroxylation sites is 1. The molecule has 1 atom stereocenters. The van der Waals surface area contributed by atoms with E-state index in [1.165, 1.54) is 0 Å². The Bertz CT molecular complexity index is 667. The van der Waals surface area contributed by atoms with Crippen molar-refractivity contribution in [2.24, 2.45) is 0 Å². The Hall–Kier alpha value is -2.14. The fourth-order valence-electron chi connectivity index (χ4n) is 1.82. The second kappa shape index (κ2) is 7.04. The van der Waals surface area contributed by atoms with Gasteiger partial charge in [-0.2, -0.15) is 0 Å². The smallest absolute Gasteiger partial charge is 0.261 e. The number of ether oxygens (including phenoxy) is 1. The molecule has 1 aromatic carbocycles. The number of aryl methyl sites for hydroxylation is 1. The van der Waals surface area contributed by atoms with Gasteiger partial charge < -0.3 is 15.0 Å². The first kappa shape index (κ1) is 15.3. The highest BCUT2D eigenvalue weighted by atomic mass is 32.1. The molecule has 5 heteroatoms. The summed E-state index contributed by atoms with van der Waals surface area (Å²) in [4.78, 5) is 15.1. The second-order valence-electron chi connectivity index (χ2n) is 4.79. The monoisotopic (exact) mass is 302 g/mol. The lowest BCUT2D eigenvalue weighted by atomic mass is 10.2. The van der Waals surface area contributed by atoms with E-state index in [1.807, 2.05) is 49.4 Å². The number of rotatable bonds is 5. The third-order valence-electron chi connectivity index (χ3n) is 3.02. The number of pyridine rings is 1. The average Bonchev–Trinajstić information content (AvgIpc) is 2.47. The largest absolute Gasteiger partial charge is 0.481 e. The number of aromatic nitrogens is 1. The third kappa shape index (κ3) is 4.43. The van der Waals surface area contributed by atoms with Crippen LogP contribution in [0.2, 0.25) is 0 Å². The van der Waals surface area contributed by atoms with E-state index in [0.717, 1.165) is 11.3 Å². The van der Waals surface area contributed by atoms with Crippen molar-refractivity contribution in [2.45, 2.75) is 26.5 Å². The highest BCUT2D eigenvalue weighted by Gasteiger charge is 2.14. The summed E-state index contributed by atoms with van der Waals surface area (Å²) in [7, 11) is 0. The van der Waals surface area contributed by atoms with Gasteiger partial charge in [-0.3, -0.25) is 4.79 Å². The topological polar surface area (TPSA) is 54.1 Å². The summed E-state index contributed by atoms with van der Waals surface area (Å²) in [6, 6.07) is 13.1. The van der Waals surface area contributed by atoms with Crippen molar-refractivity contribution in [3.8, 4) is 5.75 Å². The molecule has 21 heavy (non-hydrogen) atoms. The molecule has 0 aliphatic rings. The number of hydrogen-bond donors (Lipinski definition) is 2. The molecule has 0 saturated carbocycles. The van der Waals surface area contributed by atoms with Gasteiger partial charge in [0.05, 0.1) is 0 Å². The van der Waals surface area contributed by atoms with Gasteiger partial charge in [-0.1, -0.05) is 36.5 Å². The van der Waals surface area contributed by atoms with Gasteiger partial charge in [-0.05, 0) is 32.0 Å². The maximum absolute atomic E-state index is 12.0. The molecular weight excluding hydrogens is 284 g/mol. The van der Waals surface area contributed by atoms with Crippen LogP contribution >= 0.6 is 12.2 Å². The molecule has 4 nitrogen and oxygen atoms in total. The van der Waals surface area contributed by atoms with Crippen molar-refractivity contribution >= 4 is 18.1 Å². The lowest BCUT2D eigenvalue weighted by Gasteiger charge is -2.14. The molecule has 1 aromatic heterocycles. The molecule has 1 heterocycles. The van der Waals surface area contributed by atoms with Crippen molar-refractivity contribution in [1.82, 2.24) is 10.3 Å². The lowest BCUT2D eigenvalue weighted by molar-refractivity contribution is -0.127.